The minimum absolute atomic E-state index is 0.653. The average molecular weight is 730 g/mol. The second-order valence-electron chi connectivity index (χ2n) is 14.5. The Morgan fingerprint density at radius 3 is 1.89 bits per heavy atom. The third-order valence-electron chi connectivity index (χ3n) is 11.2. The van der Waals surface area contributed by atoms with Gasteiger partial charge in [-0.25, -0.2) is 9.97 Å². The fourth-order valence-corrected chi connectivity index (χ4v) is 8.66. The van der Waals surface area contributed by atoms with Crippen LogP contribution in [-0.2, 0) is 0 Å². The highest BCUT2D eigenvalue weighted by atomic mass is 16.3. The Balaban J connectivity index is 1.07. The highest BCUT2D eigenvalue weighted by Crippen LogP contribution is 2.43. The Morgan fingerprint density at radius 1 is 0.351 bits per heavy atom. The van der Waals surface area contributed by atoms with Crippen LogP contribution in [0, 0.1) is 0 Å². The molecule has 0 atom stereocenters. The van der Waals surface area contributed by atoms with Crippen LogP contribution in [0.15, 0.2) is 197 Å². The number of para-hydroxylation sites is 3. The molecule has 57 heavy (non-hydrogen) atoms. The van der Waals surface area contributed by atoms with Crippen molar-refractivity contribution < 1.29 is 8.83 Å². The summed E-state index contributed by atoms with van der Waals surface area (Å²) < 4.78 is 15.2. The van der Waals surface area contributed by atoms with Crippen LogP contribution in [0.4, 0.5) is 0 Å². The van der Waals surface area contributed by atoms with Gasteiger partial charge in [-0.1, -0.05) is 121 Å². The van der Waals surface area contributed by atoms with Crippen LogP contribution in [0.5, 0.6) is 0 Å². The van der Waals surface area contributed by atoms with E-state index in [9.17, 15) is 0 Å². The molecule has 0 N–H and O–H groups in total. The first-order valence-electron chi connectivity index (χ1n) is 19.1. The molecule has 0 unspecified atom stereocenters. The molecule has 0 saturated heterocycles. The third kappa shape index (κ3) is 4.96. The maximum atomic E-state index is 6.57. The molecule has 0 radical (unpaired) electrons. The van der Waals surface area contributed by atoms with Crippen LogP contribution in [0.2, 0.25) is 0 Å². The topological polar surface area (TPSA) is 57.0 Å². The zero-order valence-corrected chi connectivity index (χ0v) is 30.6. The molecule has 266 valence electrons. The van der Waals surface area contributed by atoms with E-state index in [4.69, 9.17) is 18.8 Å². The first-order chi connectivity index (χ1) is 28.2. The summed E-state index contributed by atoms with van der Waals surface area (Å²) >= 11 is 0. The minimum Gasteiger partial charge on any atom is -0.456 e. The number of rotatable bonds is 5. The molecule has 0 aliphatic rings. The van der Waals surface area contributed by atoms with E-state index in [1.165, 1.54) is 27.4 Å². The van der Waals surface area contributed by atoms with Crippen LogP contribution < -0.4 is 0 Å². The summed E-state index contributed by atoms with van der Waals surface area (Å²) in [4.78, 5) is 10.4. The molecule has 12 rings (SSSR count). The number of fused-ring (bicyclic) bond motifs is 9. The van der Waals surface area contributed by atoms with Gasteiger partial charge in [0.2, 0.25) is 0 Å². The zero-order valence-electron chi connectivity index (χ0n) is 30.6. The summed E-state index contributed by atoms with van der Waals surface area (Å²) in [5, 5.41) is 6.67. The molecule has 0 fully saturated rings. The van der Waals surface area contributed by atoms with E-state index in [2.05, 4.69) is 144 Å². The fraction of sp³-hybridized carbons (Fsp3) is 0. The standard InChI is InChI=1S/C52H31N3O2/c1-3-13-32(14-4-1)52-53-42(34-25-27-38-37-17-8-10-23-46(37)57-49(38)30-34)31-43(54-52)39-20-12-24-48-51(39)41-29-33(26-28-47(41)56-48)36-19-11-22-45-50(36)40-18-7-9-21-44(40)55(45)35-15-5-2-6-16-35/h1-31H. The molecule has 12 aromatic rings. The fourth-order valence-electron chi connectivity index (χ4n) is 8.66. The number of benzene rings is 8. The Kier molecular flexibility index (Phi) is 6.86. The Labute approximate surface area is 326 Å². The van der Waals surface area contributed by atoms with Crippen molar-refractivity contribution in [3.63, 3.8) is 0 Å². The van der Waals surface area contributed by atoms with Gasteiger partial charge in [0.1, 0.15) is 22.3 Å². The van der Waals surface area contributed by atoms with Gasteiger partial charge < -0.3 is 13.4 Å². The van der Waals surface area contributed by atoms with Crippen molar-refractivity contribution in [2.24, 2.45) is 0 Å². The van der Waals surface area contributed by atoms with Crippen LogP contribution in [-0.4, -0.2) is 14.5 Å². The van der Waals surface area contributed by atoms with E-state index in [-0.39, 0.29) is 0 Å². The molecule has 0 aliphatic carbocycles. The SMILES string of the molecule is c1ccc(-c2nc(-c3ccc4c(c3)oc3ccccc34)cc(-c3cccc4oc5ccc(-c6cccc7c6c6ccccc6n7-c6ccccc6)cc5c34)n2)cc1. The lowest BCUT2D eigenvalue weighted by molar-refractivity contribution is 0.668. The van der Waals surface area contributed by atoms with Gasteiger partial charge in [-0.3, -0.25) is 0 Å². The van der Waals surface area contributed by atoms with Crippen molar-refractivity contribution in [1.29, 1.82) is 0 Å². The lowest BCUT2D eigenvalue weighted by atomic mass is 9.96. The first-order valence-corrected chi connectivity index (χ1v) is 19.1. The summed E-state index contributed by atoms with van der Waals surface area (Å²) in [5.74, 6) is 0.653. The number of hydrogen-bond donors (Lipinski definition) is 0. The minimum atomic E-state index is 0.653. The van der Waals surface area contributed by atoms with Crippen LogP contribution >= 0.6 is 0 Å². The highest BCUT2D eigenvalue weighted by molar-refractivity contribution is 6.18. The van der Waals surface area contributed by atoms with Gasteiger partial charge in [0.15, 0.2) is 5.82 Å². The lowest BCUT2D eigenvalue weighted by Gasteiger charge is -2.11. The number of aromatic nitrogens is 3. The maximum absolute atomic E-state index is 6.57. The van der Waals surface area contributed by atoms with Crippen LogP contribution in [0.25, 0.3) is 116 Å². The predicted octanol–water partition coefficient (Wildman–Crippen LogP) is 14.0. The largest absolute Gasteiger partial charge is 0.456 e. The van der Waals surface area contributed by atoms with Gasteiger partial charge in [0, 0.05) is 54.7 Å². The van der Waals surface area contributed by atoms with Gasteiger partial charge in [-0.15, -0.1) is 0 Å². The van der Waals surface area contributed by atoms with E-state index in [0.717, 1.165) is 83.2 Å². The molecular formula is C52H31N3O2. The van der Waals surface area contributed by atoms with Gasteiger partial charge in [0.05, 0.1) is 22.4 Å². The maximum Gasteiger partial charge on any atom is 0.160 e. The number of furan rings is 2. The molecule has 0 aliphatic heterocycles. The van der Waals surface area contributed by atoms with Crippen LogP contribution in [0.3, 0.4) is 0 Å². The molecule has 0 amide bonds. The van der Waals surface area contributed by atoms with Crippen molar-refractivity contribution >= 4 is 65.7 Å². The summed E-state index contributed by atoms with van der Waals surface area (Å²) in [6.45, 7) is 0. The second-order valence-corrected chi connectivity index (χ2v) is 14.5. The Bertz CT molecular complexity index is 3520. The van der Waals surface area contributed by atoms with Gasteiger partial charge in [-0.05, 0) is 77.9 Å². The van der Waals surface area contributed by atoms with E-state index in [0.29, 0.717) is 5.82 Å². The summed E-state index contributed by atoms with van der Waals surface area (Å²) in [5.41, 5.74) is 13.6. The second kappa shape index (κ2) is 12.4. The van der Waals surface area contributed by atoms with E-state index in [1.54, 1.807) is 0 Å². The van der Waals surface area contributed by atoms with Gasteiger partial charge in [-0.2, -0.15) is 0 Å². The monoisotopic (exact) mass is 729 g/mol. The molecule has 8 aromatic carbocycles. The first kappa shape index (κ1) is 31.6. The van der Waals surface area contributed by atoms with E-state index in [1.807, 2.05) is 48.5 Å². The summed E-state index contributed by atoms with van der Waals surface area (Å²) in [6.07, 6.45) is 0. The molecule has 5 nitrogen and oxygen atoms in total. The van der Waals surface area contributed by atoms with Gasteiger partial charge in [0.25, 0.3) is 0 Å². The predicted molar refractivity (Wildman–Crippen MR) is 233 cm³/mol. The molecule has 4 aromatic heterocycles. The number of nitrogens with zero attached hydrogens (tertiary/aromatic N) is 3. The molecular weight excluding hydrogens is 699 g/mol. The average Bonchev–Trinajstić information content (AvgIpc) is 3.96. The van der Waals surface area contributed by atoms with Crippen molar-refractivity contribution in [1.82, 2.24) is 14.5 Å². The van der Waals surface area contributed by atoms with Crippen molar-refractivity contribution in [3.8, 4) is 50.7 Å². The quantitative estimate of drug-likeness (QED) is 0.177. The summed E-state index contributed by atoms with van der Waals surface area (Å²) in [6, 6.07) is 65.4. The smallest absolute Gasteiger partial charge is 0.160 e. The molecule has 0 bridgehead atoms. The zero-order chi connectivity index (χ0) is 37.5. The summed E-state index contributed by atoms with van der Waals surface area (Å²) in [7, 11) is 0. The van der Waals surface area contributed by atoms with Gasteiger partial charge >= 0.3 is 0 Å². The molecule has 0 spiro atoms. The normalized spacial score (nSPS) is 11.9. The van der Waals surface area contributed by atoms with E-state index >= 15 is 0 Å². The Morgan fingerprint density at radius 2 is 1.00 bits per heavy atom. The third-order valence-corrected chi connectivity index (χ3v) is 11.2. The molecule has 0 saturated carbocycles. The van der Waals surface area contributed by atoms with E-state index < -0.39 is 0 Å². The van der Waals surface area contributed by atoms with Crippen LogP contribution in [0.1, 0.15) is 0 Å². The number of hydrogen-bond acceptors (Lipinski definition) is 4. The highest BCUT2D eigenvalue weighted by Gasteiger charge is 2.20. The lowest BCUT2D eigenvalue weighted by Crippen LogP contribution is -1.96. The molecule has 5 heteroatoms. The van der Waals surface area contributed by atoms with Crippen molar-refractivity contribution in [2.75, 3.05) is 0 Å². The van der Waals surface area contributed by atoms with Crippen molar-refractivity contribution in [2.45, 2.75) is 0 Å². The van der Waals surface area contributed by atoms with Crippen molar-refractivity contribution in [3.05, 3.63) is 188 Å². The molecule has 4 heterocycles. The Hall–Kier alpha value is -7.76.